The smallest absolute Gasteiger partial charge is 0.193 e. The van der Waals surface area contributed by atoms with Crippen molar-refractivity contribution in [2.24, 2.45) is 0 Å². The van der Waals surface area contributed by atoms with E-state index in [0.29, 0.717) is 0 Å². The van der Waals surface area contributed by atoms with Gasteiger partial charge >= 0.3 is 0 Å². The maximum absolute atomic E-state index is 5.72. The summed E-state index contributed by atoms with van der Waals surface area (Å²) in [6.45, 7) is 4.96. The molecule has 104 valence electrons. The first-order chi connectivity index (χ1) is 9.74. The fourth-order valence-electron chi connectivity index (χ4n) is 2.24. The van der Waals surface area contributed by atoms with Crippen LogP contribution in [0.5, 0.6) is 0 Å². The SMILES string of the molecule is CCN(Cc1ccc(N)cc1)Cc1cn2ccsc2n1. The van der Waals surface area contributed by atoms with Crippen molar-refractivity contribution in [1.82, 2.24) is 14.3 Å². The lowest BCUT2D eigenvalue weighted by molar-refractivity contribution is 0.268. The van der Waals surface area contributed by atoms with E-state index >= 15 is 0 Å². The first-order valence-corrected chi connectivity index (χ1v) is 7.60. The summed E-state index contributed by atoms with van der Waals surface area (Å²) in [5.74, 6) is 0. The van der Waals surface area contributed by atoms with Crippen LogP contribution in [0.4, 0.5) is 5.69 Å². The lowest BCUT2D eigenvalue weighted by atomic mass is 10.2. The average molecular weight is 286 g/mol. The van der Waals surface area contributed by atoms with Crippen LogP contribution in [0, 0.1) is 0 Å². The molecule has 2 aromatic heterocycles. The Morgan fingerprint density at radius 3 is 2.75 bits per heavy atom. The molecule has 3 rings (SSSR count). The largest absolute Gasteiger partial charge is 0.399 e. The Bertz CT molecular complexity index is 655. The number of hydrogen-bond donors (Lipinski definition) is 1. The standard InChI is InChI=1S/C15H18N4S/c1-2-18(9-12-3-5-13(16)6-4-12)10-14-11-19-7-8-20-15(19)17-14/h3-8,11H,2,9-10,16H2,1H3. The second-order valence-electron chi connectivity index (χ2n) is 4.87. The molecule has 5 heteroatoms. The third-order valence-electron chi connectivity index (χ3n) is 3.36. The number of benzene rings is 1. The maximum atomic E-state index is 5.72. The first kappa shape index (κ1) is 13.1. The molecule has 2 heterocycles. The van der Waals surface area contributed by atoms with Gasteiger partial charge in [0.25, 0.3) is 0 Å². The van der Waals surface area contributed by atoms with Gasteiger partial charge in [0, 0.05) is 36.6 Å². The number of anilines is 1. The Kier molecular flexibility index (Phi) is 3.71. The van der Waals surface area contributed by atoms with E-state index in [9.17, 15) is 0 Å². The van der Waals surface area contributed by atoms with Crippen molar-refractivity contribution in [3.8, 4) is 0 Å². The summed E-state index contributed by atoms with van der Waals surface area (Å²) in [5, 5.41) is 2.05. The van der Waals surface area contributed by atoms with Gasteiger partial charge < -0.3 is 5.73 Å². The molecule has 0 saturated carbocycles. The van der Waals surface area contributed by atoms with Crippen LogP contribution in [-0.4, -0.2) is 20.8 Å². The quantitative estimate of drug-likeness (QED) is 0.733. The Morgan fingerprint density at radius 2 is 2.05 bits per heavy atom. The van der Waals surface area contributed by atoms with Crippen LogP contribution in [-0.2, 0) is 13.1 Å². The predicted molar refractivity (Wildman–Crippen MR) is 83.7 cm³/mol. The number of fused-ring (bicyclic) bond motifs is 1. The van der Waals surface area contributed by atoms with Gasteiger partial charge in [-0.25, -0.2) is 4.98 Å². The highest BCUT2D eigenvalue weighted by Crippen LogP contribution is 2.14. The number of aromatic nitrogens is 2. The van der Waals surface area contributed by atoms with Gasteiger partial charge in [-0.2, -0.15) is 0 Å². The van der Waals surface area contributed by atoms with E-state index in [1.807, 2.05) is 18.3 Å². The van der Waals surface area contributed by atoms with Crippen LogP contribution >= 0.6 is 11.3 Å². The zero-order valence-corrected chi connectivity index (χ0v) is 12.3. The van der Waals surface area contributed by atoms with Gasteiger partial charge in [-0.15, -0.1) is 11.3 Å². The lowest BCUT2D eigenvalue weighted by Gasteiger charge is -2.19. The summed E-state index contributed by atoms with van der Waals surface area (Å²) in [7, 11) is 0. The minimum atomic E-state index is 0.811. The van der Waals surface area contributed by atoms with Crippen molar-refractivity contribution in [2.45, 2.75) is 20.0 Å². The molecule has 0 bridgehead atoms. The number of rotatable bonds is 5. The molecule has 0 unspecified atom stereocenters. The molecule has 0 aliphatic rings. The van der Waals surface area contributed by atoms with E-state index in [0.717, 1.165) is 36.0 Å². The maximum Gasteiger partial charge on any atom is 0.193 e. The van der Waals surface area contributed by atoms with Crippen LogP contribution in [0.1, 0.15) is 18.2 Å². The molecule has 0 fully saturated rings. The Morgan fingerprint density at radius 1 is 1.25 bits per heavy atom. The van der Waals surface area contributed by atoms with Crippen molar-refractivity contribution in [1.29, 1.82) is 0 Å². The first-order valence-electron chi connectivity index (χ1n) is 6.72. The van der Waals surface area contributed by atoms with Crippen LogP contribution in [0.3, 0.4) is 0 Å². The molecule has 0 saturated heterocycles. The summed E-state index contributed by atoms with van der Waals surface area (Å²) >= 11 is 1.67. The highest BCUT2D eigenvalue weighted by molar-refractivity contribution is 7.15. The van der Waals surface area contributed by atoms with Gasteiger partial charge in [-0.05, 0) is 24.2 Å². The molecule has 3 aromatic rings. The molecule has 0 atom stereocenters. The summed E-state index contributed by atoms with van der Waals surface area (Å²) in [6.07, 6.45) is 4.16. The number of nitrogens with two attached hydrogens (primary N) is 1. The summed E-state index contributed by atoms with van der Waals surface area (Å²) in [6, 6.07) is 8.08. The third kappa shape index (κ3) is 2.84. The van der Waals surface area contributed by atoms with Gasteiger partial charge in [-0.1, -0.05) is 19.1 Å². The van der Waals surface area contributed by atoms with Crippen LogP contribution in [0.25, 0.3) is 4.96 Å². The summed E-state index contributed by atoms with van der Waals surface area (Å²) in [4.78, 5) is 8.07. The van der Waals surface area contributed by atoms with Crippen LogP contribution < -0.4 is 5.73 Å². The van der Waals surface area contributed by atoms with Crippen molar-refractivity contribution < 1.29 is 0 Å². The van der Waals surface area contributed by atoms with Gasteiger partial charge in [0.05, 0.1) is 5.69 Å². The molecule has 0 radical (unpaired) electrons. The zero-order chi connectivity index (χ0) is 13.9. The highest BCUT2D eigenvalue weighted by atomic mass is 32.1. The van der Waals surface area contributed by atoms with E-state index in [4.69, 9.17) is 5.73 Å². The normalized spacial score (nSPS) is 11.5. The second kappa shape index (κ2) is 5.64. The van der Waals surface area contributed by atoms with E-state index in [1.165, 1.54) is 5.56 Å². The Balaban J connectivity index is 1.70. The van der Waals surface area contributed by atoms with Crippen LogP contribution in [0.15, 0.2) is 42.0 Å². The Labute approximate surface area is 122 Å². The predicted octanol–water partition coefficient (Wildman–Crippen LogP) is 3.00. The zero-order valence-electron chi connectivity index (χ0n) is 11.5. The fraction of sp³-hybridized carbons (Fsp3) is 0.267. The van der Waals surface area contributed by atoms with Gasteiger partial charge in [0.1, 0.15) is 0 Å². The van der Waals surface area contributed by atoms with Gasteiger partial charge in [-0.3, -0.25) is 9.30 Å². The van der Waals surface area contributed by atoms with Gasteiger partial charge in [0.15, 0.2) is 4.96 Å². The number of nitrogen functional groups attached to an aromatic ring is 1. The number of thiazole rings is 1. The molecule has 20 heavy (non-hydrogen) atoms. The minimum Gasteiger partial charge on any atom is -0.399 e. The van der Waals surface area contributed by atoms with Crippen molar-refractivity contribution in [2.75, 3.05) is 12.3 Å². The molecule has 2 N–H and O–H groups in total. The number of nitrogens with zero attached hydrogens (tertiary/aromatic N) is 3. The summed E-state index contributed by atoms with van der Waals surface area (Å²) in [5.41, 5.74) is 8.93. The number of hydrogen-bond acceptors (Lipinski definition) is 4. The molecule has 4 nitrogen and oxygen atoms in total. The molecule has 0 aliphatic carbocycles. The average Bonchev–Trinajstić information content (AvgIpc) is 3.01. The molecule has 0 spiro atoms. The second-order valence-corrected chi connectivity index (χ2v) is 5.74. The third-order valence-corrected chi connectivity index (χ3v) is 4.13. The molecule has 1 aromatic carbocycles. The summed E-state index contributed by atoms with van der Waals surface area (Å²) < 4.78 is 2.08. The monoisotopic (exact) mass is 286 g/mol. The van der Waals surface area contributed by atoms with Crippen molar-refractivity contribution in [3.05, 3.63) is 53.3 Å². The molecular formula is C15H18N4S. The minimum absolute atomic E-state index is 0.811. The highest BCUT2D eigenvalue weighted by Gasteiger charge is 2.08. The van der Waals surface area contributed by atoms with E-state index in [2.05, 4.69) is 44.9 Å². The van der Waals surface area contributed by atoms with E-state index in [-0.39, 0.29) is 0 Å². The van der Waals surface area contributed by atoms with E-state index < -0.39 is 0 Å². The molecular weight excluding hydrogens is 268 g/mol. The topological polar surface area (TPSA) is 46.6 Å². The van der Waals surface area contributed by atoms with Crippen molar-refractivity contribution in [3.63, 3.8) is 0 Å². The Hall–Kier alpha value is -1.85. The number of imidazole rings is 1. The van der Waals surface area contributed by atoms with Crippen molar-refractivity contribution >= 4 is 22.0 Å². The fourth-order valence-corrected chi connectivity index (χ4v) is 2.96. The molecule has 0 aliphatic heterocycles. The van der Waals surface area contributed by atoms with E-state index in [1.54, 1.807) is 11.3 Å². The lowest BCUT2D eigenvalue weighted by Crippen LogP contribution is -2.22. The van der Waals surface area contributed by atoms with Gasteiger partial charge in [0.2, 0.25) is 0 Å². The van der Waals surface area contributed by atoms with Crippen LogP contribution in [0.2, 0.25) is 0 Å². The molecule has 0 amide bonds.